The summed E-state index contributed by atoms with van der Waals surface area (Å²) in [5.41, 5.74) is 0. The molecule has 0 nitrogen and oxygen atoms in total. The second kappa shape index (κ2) is 5.78. The topological polar surface area (TPSA) is 0 Å². The number of rotatable bonds is 7. The van der Waals surface area contributed by atoms with Crippen LogP contribution in [-0.4, -0.2) is 0 Å². The van der Waals surface area contributed by atoms with E-state index in [-0.39, 0.29) is 0 Å². The molecule has 0 spiro atoms. The molecule has 0 aliphatic heterocycles. The van der Waals surface area contributed by atoms with Crippen LogP contribution in [0.3, 0.4) is 0 Å². The third-order valence-electron chi connectivity index (χ3n) is 4.07. The van der Waals surface area contributed by atoms with Gasteiger partial charge in [-0.3, -0.25) is 0 Å². The van der Waals surface area contributed by atoms with Crippen LogP contribution in [0.5, 0.6) is 0 Å². The van der Waals surface area contributed by atoms with Crippen molar-refractivity contribution in [2.24, 2.45) is 23.7 Å². The lowest BCUT2D eigenvalue weighted by atomic mass is 9.86. The zero-order valence-electron chi connectivity index (χ0n) is 10.6. The average Bonchev–Trinajstić information content (AvgIpc) is 2.90. The molecule has 0 bridgehead atoms. The number of hydrogen-bond acceptors (Lipinski definition) is 0. The molecule has 14 heavy (non-hydrogen) atoms. The predicted molar refractivity (Wildman–Crippen MR) is 64.4 cm³/mol. The van der Waals surface area contributed by atoms with Crippen LogP contribution in [0.25, 0.3) is 0 Å². The lowest BCUT2D eigenvalue weighted by molar-refractivity contribution is 0.307. The highest BCUT2D eigenvalue weighted by molar-refractivity contribution is 4.87. The molecule has 1 aliphatic carbocycles. The zero-order valence-corrected chi connectivity index (χ0v) is 10.6. The van der Waals surface area contributed by atoms with E-state index >= 15 is 0 Å². The molecular formula is C14H28. The highest BCUT2D eigenvalue weighted by atomic mass is 14.4. The van der Waals surface area contributed by atoms with E-state index in [0.717, 1.165) is 23.7 Å². The Bertz CT molecular complexity index is 148. The molecule has 0 aromatic heterocycles. The Morgan fingerprint density at radius 2 is 1.86 bits per heavy atom. The van der Waals surface area contributed by atoms with Gasteiger partial charge in [-0.1, -0.05) is 53.4 Å². The molecule has 0 aromatic rings. The molecule has 1 saturated carbocycles. The highest BCUT2D eigenvalue weighted by Crippen LogP contribution is 2.46. The first-order chi connectivity index (χ1) is 6.69. The highest BCUT2D eigenvalue weighted by Gasteiger charge is 2.36. The van der Waals surface area contributed by atoms with Crippen molar-refractivity contribution in [3.8, 4) is 0 Å². The van der Waals surface area contributed by atoms with E-state index in [2.05, 4.69) is 27.7 Å². The number of hydrogen-bond donors (Lipinski definition) is 0. The molecule has 1 rings (SSSR count). The van der Waals surface area contributed by atoms with Gasteiger partial charge in [0.1, 0.15) is 0 Å². The van der Waals surface area contributed by atoms with Gasteiger partial charge in [0.15, 0.2) is 0 Å². The van der Waals surface area contributed by atoms with Crippen LogP contribution < -0.4 is 0 Å². The smallest absolute Gasteiger partial charge is 0.0380 e. The summed E-state index contributed by atoms with van der Waals surface area (Å²) in [6.45, 7) is 9.47. The molecule has 0 heterocycles. The van der Waals surface area contributed by atoms with Gasteiger partial charge in [0, 0.05) is 0 Å². The fourth-order valence-corrected chi connectivity index (χ4v) is 2.68. The van der Waals surface area contributed by atoms with Crippen LogP contribution in [0, 0.1) is 23.7 Å². The molecule has 0 heteroatoms. The Hall–Kier alpha value is 0. The Morgan fingerprint density at radius 1 is 1.14 bits per heavy atom. The van der Waals surface area contributed by atoms with Crippen molar-refractivity contribution in [3.05, 3.63) is 0 Å². The maximum absolute atomic E-state index is 2.41. The van der Waals surface area contributed by atoms with Gasteiger partial charge in [0.25, 0.3) is 0 Å². The van der Waals surface area contributed by atoms with Crippen molar-refractivity contribution in [1.82, 2.24) is 0 Å². The largest absolute Gasteiger partial charge is 0.0654 e. The first kappa shape index (κ1) is 12.1. The monoisotopic (exact) mass is 196 g/mol. The van der Waals surface area contributed by atoms with E-state index in [9.17, 15) is 0 Å². The van der Waals surface area contributed by atoms with Crippen LogP contribution in [0.4, 0.5) is 0 Å². The second-order valence-electron chi connectivity index (χ2n) is 5.55. The molecule has 1 aliphatic rings. The Morgan fingerprint density at radius 3 is 2.29 bits per heavy atom. The van der Waals surface area contributed by atoms with E-state index in [1.807, 2.05) is 0 Å². The maximum atomic E-state index is 2.41. The second-order valence-corrected chi connectivity index (χ2v) is 5.55. The minimum atomic E-state index is 0.902. The van der Waals surface area contributed by atoms with Gasteiger partial charge in [-0.25, -0.2) is 0 Å². The molecule has 0 N–H and O–H groups in total. The molecule has 84 valence electrons. The fourth-order valence-electron chi connectivity index (χ4n) is 2.68. The van der Waals surface area contributed by atoms with Crippen LogP contribution in [0.15, 0.2) is 0 Å². The third-order valence-corrected chi connectivity index (χ3v) is 4.07. The van der Waals surface area contributed by atoms with E-state index < -0.39 is 0 Å². The maximum Gasteiger partial charge on any atom is -0.0380 e. The molecular weight excluding hydrogens is 168 g/mol. The van der Waals surface area contributed by atoms with Gasteiger partial charge in [-0.2, -0.15) is 0 Å². The minimum absolute atomic E-state index is 0.902. The lowest BCUT2D eigenvalue weighted by Crippen LogP contribution is -2.10. The standard InChI is InChI=1S/C14H28/c1-5-7-8-13(11(3)4)10-14-9-12(14)6-2/h11-14H,5-10H2,1-4H3. The van der Waals surface area contributed by atoms with Crippen LogP contribution in [-0.2, 0) is 0 Å². The molecule has 1 fully saturated rings. The summed E-state index contributed by atoms with van der Waals surface area (Å²) in [7, 11) is 0. The molecule has 0 aromatic carbocycles. The zero-order chi connectivity index (χ0) is 10.6. The SMILES string of the molecule is CCCCC(CC1CC1CC)C(C)C. The predicted octanol–water partition coefficient (Wildman–Crippen LogP) is 4.89. The normalized spacial score (nSPS) is 28.1. The molecule has 0 radical (unpaired) electrons. The fraction of sp³-hybridized carbons (Fsp3) is 1.00. The molecule has 3 atom stereocenters. The van der Waals surface area contributed by atoms with Gasteiger partial charge < -0.3 is 0 Å². The average molecular weight is 196 g/mol. The molecule has 0 amide bonds. The minimum Gasteiger partial charge on any atom is -0.0654 e. The summed E-state index contributed by atoms with van der Waals surface area (Å²) in [5, 5.41) is 0. The molecule has 3 unspecified atom stereocenters. The first-order valence-electron chi connectivity index (χ1n) is 6.69. The summed E-state index contributed by atoms with van der Waals surface area (Å²) < 4.78 is 0. The van der Waals surface area contributed by atoms with Gasteiger partial charge in [-0.15, -0.1) is 0 Å². The van der Waals surface area contributed by atoms with E-state index in [0.29, 0.717) is 0 Å². The summed E-state index contributed by atoms with van der Waals surface area (Å²) in [6.07, 6.45) is 8.75. The van der Waals surface area contributed by atoms with Gasteiger partial charge in [0.05, 0.1) is 0 Å². The Kier molecular flexibility index (Phi) is 4.98. The summed E-state index contributed by atoms with van der Waals surface area (Å²) in [5.74, 6) is 4.11. The van der Waals surface area contributed by atoms with Gasteiger partial charge >= 0.3 is 0 Å². The van der Waals surface area contributed by atoms with Gasteiger partial charge in [0.2, 0.25) is 0 Å². The quantitative estimate of drug-likeness (QED) is 0.544. The third kappa shape index (κ3) is 3.63. The van der Waals surface area contributed by atoms with Gasteiger partial charge in [-0.05, 0) is 36.5 Å². The lowest BCUT2D eigenvalue weighted by Gasteiger charge is -2.20. The van der Waals surface area contributed by atoms with E-state index in [1.54, 1.807) is 0 Å². The summed E-state index contributed by atoms with van der Waals surface area (Å²) in [4.78, 5) is 0. The number of unbranched alkanes of at least 4 members (excludes halogenated alkanes) is 1. The van der Waals surface area contributed by atoms with E-state index in [4.69, 9.17) is 0 Å². The molecule has 0 saturated heterocycles. The summed E-state index contributed by atoms with van der Waals surface area (Å²) in [6, 6.07) is 0. The van der Waals surface area contributed by atoms with Crippen LogP contribution in [0.2, 0.25) is 0 Å². The van der Waals surface area contributed by atoms with Crippen molar-refractivity contribution in [2.45, 2.75) is 66.2 Å². The van der Waals surface area contributed by atoms with Crippen LogP contribution in [0.1, 0.15) is 66.2 Å². The van der Waals surface area contributed by atoms with E-state index in [1.165, 1.54) is 38.5 Å². The van der Waals surface area contributed by atoms with Crippen molar-refractivity contribution in [3.63, 3.8) is 0 Å². The van der Waals surface area contributed by atoms with Crippen LogP contribution >= 0.6 is 0 Å². The van der Waals surface area contributed by atoms with Crippen molar-refractivity contribution in [1.29, 1.82) is 0 Å². The van der Waals surface area contributed by atoms with Crippen molar-refractivity contribution in [2.75, 3.05) is 0 Å². The Balaban J connectivity index is 2.22. The first-order valence-corrected chi connectivity index (χ1v) is 6.69. The summed E-state index contributed by atoms with van der Waals surface area (Å²) >= 11 is 0. The Labute approximate surface area is 90.5 Å². The van der Waals surface area contributed by atoms with Crippen molar-refractivity contribution >= 4 is 0 Å². The van der Waals surface area contributed by atoms with Crippen molar-refractivity contribution < 1.29 is 0 Å².